The van der Waals surface area contributed by atoms with Gasteiger partial charge < -0.3 is 5.32 Å². The van der Waals surface area contributed by atoms with Crippen molar-refractivity contribution in [2.75, 3.05) is 5.32 Å². The van der Waals surface area contributed by atoms with E-state index >= 15 is 0 Å². The van der Waals surface area contributed by atoms with Crippen LogP contribution in [0.3, 0.4) is 0 Å². The second-order valence-electron chi connectivity index (χ2n) is 3.88. The molecule has 2 aromatic rings. The normalized spacial score (nSPS) is 9.90. The van der Waals surface area contributed by atoms with Gasteiger partial charge in [-0.15, -0.1) is 0 Å². The number of nitrogens with zero attached hydrogens (tertiary/aromatic N) is 1. The van der Waals surface area contributed by atoms with Gasteiger partial charge >= 0.3 is 0 Å². The highest BCUT2D eigenvalue weighted by Crippen LogP contribution is 2.24. The predicted octanol–water partition coefficient (Wildman–Crippen LogP) is 4.37. The fourth-order valence-electron chi connectivity index (χ4n) is 1.55. The minimum atomic E-state index is -0.536. The molecule has 6 heteroatoms. The van der Waals surface area contributed by atoms with Crippen molar-refractivity contribution in [3.8, 4) is 6.07 Å². The van der Waals surface area contributed by atoms with Crippen molar-refractivity contribution < 1.29 is 9.18 Å². The van der Waals surface area contributed by atoms with Crippen LogP contribution in [0.15, 0.2) is 40.9 Å². The quantitative estimate of drug-likeness (QED) is 0.872. The zero-order valence-electron chi connectivity index (χ0n) is 9.95. The number of carbonyl (C=O) groups is 1. The van der Waals surface area contributed by atoms with E-state index in [-0.39, 0.29) is 11.3 Å². The first-order chi connectivity index (χ1) is 9.51. The van der Waals surface area contributed by atoms with Crippen LogP contribution < -0.4 is 5.32 Å². The van der Waals surface area contributed by atoms with Gasteiger partial charge in [-0.3, -0.25) is 4.79 Å². The van der Waals surface area contributed by atoms with Crippen LogP contribution in [0.1, 0.15) is 15.9 Å². The average molecular weight is 354 g/mol. The lowest BCUT2D eigenvalue weighted by molar-refractivity contribution is 0.102. The zero-order chi connectivity index (χ0) is 14.7. The zero-order valence-corrected chi connectivity index (χ0v) is 12.3. The number of carbonyl (C=O) groups excluding carboxylic acids is 1. The number of halogens is 3. The van der Waals surface area contributed by atoms with Gasteiger partial charge in [0.2, 0.25) is 0 Å². The van der Waals surface area contributed by atoms with Gasteiger partial charge in [-0.2, -0.15) is 5.26 Å². The molecule has 0 bridgehead atoms. The SMILES string of the molecule is N#Cc1cc(F)ccc1NC(=O)c1ccc(Br)c(Cl)c1. The molecule has 20 heavy (non-hydrogen) atoms. The summed E-state index contributed by atoms with van der Waals surface area (Å²) in [6, 6.07) is 10.1. The number of hydrogen-bond donors (Lipinski definition) is 1. The van der Waals surface area contributed by atoms with Crippen LogP contribution in [0.4, 0.5) is 10.1 Å². The maximum absolute atomic E-state index is 13.0. The Labute approximate surface area is 128 Å². The molecular weight excluding hydrogens is 347 g/mol. The van der Waals surface area contributed by atoms with E-state index in [9.17, 15) is 9.18 Å². The minimum Gasteiger partial charge on any atom is -0.321 e. The molecule has 3 nitrogen and oxygen atoms in total. The molecule has 0 aliphatic rings. The summed E-state index contributed by atoms with van der Waals surface area (Å²) in [4.78, 5) is 12.0. The maximum atomic E-state index is 13.0. The van der Waals surface area contributed by atoms with E-state index in [1.54, 1.807) is 12.1 Å². The van der Waals surface area contributed by atoms with Crippen LogP contribution in [-0.4, -0.2) is 5.91 Å². The van der Waals surface area contributed by atoms with Gasteiger partial charge in [0.25, 0.3) is 5.91 Å². The number of nitriles is 1. The summed E-state index contributed by atoms with van der Waals surface area (Å²) in [5.74, 6) is -0.964. The molecule has 0 heterocycles. The number of benzene rings is 2. The number of amides is 1. The molecule has 0 aliphatic heterocycles. The predicted molar refractivity (Wildman–Crippen MR) is 78.2 cm³/mol. The monoisotopic (exact) mass is 352 g/mol. The molecule has 0 spiro atoms. The third kappa shape index (κ3) is 3.16. The van der Waals surface area contributed by atoms with Gasteiger partial charge in [0, 0.05) is 10.0 Å². The summed E-state index contributed by atoms with van der Waals surface area (Å²) in [6.07, 6.45) is 0. The second-order valence-corrected chi connectivity index (χ2v) is 5.15. The minimum absolute atomic E-state index is 0.0570. The van der Waals surface area contributed by atoms with Crippen LogP contribution in [-0.2, 0) is 0 Å². The number of anilines is 1. The highest BCUT2D eigenvalue weighted by Gasteiger charge is 2.11. The maximum Gasteiger partial charge on any atom is 0.255 e. The van der Waals surface area contributed by atoms with Crippen LogP contribution in [0.2, 0.25) is 5.02 Å². The Kier molecular flexibility index (Phi) is 4.38. The number of rotatable bonds is 2. The van der Waals surface area contributed by atoms with E-state index in [4.69, 9.17) is 16.9 Å². The van der Waals surface area contributed by atoms with Crippen molar-refractivity contribution >= 4 is 39.1 Å². The van der Waals surface area contributed by atoms with E-state index in [0.29, 0.717) is 15.1 Å². The van der Waals surface area contributed by atoms with Crippen molar-refractivity contribution in [1.82, 2.24) is 0 Å². The summed E-state index contributed by atoms with van der Waals surface area (Å²) >= 11 is 9.14. The van der Waals surface area contributed by atoms with Crippen LogP contribution >= 0.6 is 27.5 Å². The van der Waals surface area contributed by atoms with Crippen molar-refractivity contribution in [1.29, 1.82) is 5.26 Å². The third-order valence-corrected chi connectivity index (χ3v) is 3.76. The molecule has 0 saturated carbocycles. The standard InChI is InChI=1S/C14H7BrClFN2O/c15-11-3-1-8(6-12(11)16)14(20)19-13-4-2-10(17)5-9(13)7-18/h1-6H,(H,19,20). The number of nitrogens with one attached hydrogen (secondary N) is 1. The summed E-state index contributed by atoms with van der Waals surface area (Å²) in [5.41, 5.74) is 0.644. The molecule has 1 amide bonds. The van der Waals surface area contributed by atoms with Gasteiger partial charge in [0.1, 0.15) is 11.9 Å². The van der Waals surface area contributed by atoms with Gasteiger partial charge in [-0.1, -0.05) is 11.6 Å². The second kappa shape index (κ2) is 6.04. The van der Waals surface area contributed by atoms with Crippen LogP contribution in [0.5, 0.6) is 0 Å². The summed E-state index contributed by atoms with van der Waals surface area (Å²) in [6.45, 7) is 0. The Hall–Kier alpha value is -1.90. The largest absolute Gasteiger partial charge is 0.321 e. The summed E-state index contributed by atoms with van der Waals surface area (Å²) < 4.78 is 13.7. The van der Waals surface area contributed by atoms with Gasteiger partial charge in [-0.25, -0.2) is 4.39 Å². The molecule has 100 valence electrons. The average Bonchev–Trinajstić information content (AvgIpc) is 2.43. The lowest BCUT2D eigenvalue weighted by Crippen LogP contribution is -2.13. The molecule has 0 aromatic heterocycles. The van der Waals surface area contributed by atoms with E-state index in [1.807, 2.05) is 6.07 Å². The molecule has 0 fully saturated rings. The Morgan fingerprint density at radius 3 is 2.70 bits per heavy atom. The highest BCUT2D eigenvalue weighted by molar-refractivity contribution is 9.10. The molecule has 0 unspecified atom stereocenters. The van der Waals surface area contributed by atoms with E-state index in [1.165, 1.54) is 18.2 Å². The molecule has 0 aliphatic carbocycles. The Morgan fingerprint density at radius 1 is 1.30 bits per heavy atom. The van der Waals surface area contributed by atoms with Gasteiger partial charge in [-0.05, 0) is 52.3 Å². The first-order valence-electron chi connectivity index (χ1n) is 5.47. The molecule has 2 aromatic carbocycles. The van der Waals surface area contributed by atoms with Crippen molar-refractivity contribution in [2.24, 2.45) is 0 Å². The van der Waals surface area contributed by atoms with E-state index < -0.39 is 11.7 Å². The van der Waals surface area contributed by atoms with E-state index in [2.05, 4.69) is 21.2 Å². The number of hydrogen-bond acceptors (Lipinski definition) is 2. The van der Waals surface area contributed by atoms with Crippen LogP contribution in [0.25, 0.3) is 0 Å². The van der Waals surface area contributed by atoms with Crippen molar-refractivity contribution in [3.63, 3.8) is 0 Å². The van der Waals surface area contributed by atoms with E-state index in [0.717, 1.165) is 6.07 Å². The molecule has 0 atom stereocenters. The molecule has 1 N–H and O–H groups in total. The molecule has 2 rings (SSSR count). The smallest absolute Gasteiger partial charge is 0.255 e. The fraction of sp³-hybridized carbons (Fsp3) is 0. The molecule has 0 saturated heterocycles. The summed E-state index contributed by atoms with van der Waals surface area (Å²) in [7, 11) is 0. The Morgan fingerprint density at radius 2 is 2.05 bits per heavy atom. The van der Waals surface area contributed by atoms with Crippen molar-refractivity contribution in [3.05, 3.63) is 62.8 Å². The Balaban J connectivity index is 2.28. The highest BCUT2D eigenvalue weighted by atomic mass is 79.9. The van der Waals surface area contributed by atoms with Gasteiger partial charge in [0.05, 0.1) is 16.3 Å². The topological polar surface area (TPSA) is 52.9 Å². The first kappa shape index (κ1) is 14.5. The fourth-order valence-corrected chi connectivity index (χ4v) is 1.98. The van der Waals surface area contributed by atoms with Gasteiger partial charge in [0.15, 0.2) is 0 Å². The van der Waals surface area contributed by atoms with Crippen molar-refractivity contribution in [2.45, 2.75) is 0 Å². The summed E-state index contributed by atoms with van der Waals surface area (Å²) in [5, 5.41) is 11.9. The first-order valence-corrected chi connectivity index (χ1v) is 6.64. The molecule has 0 radical (unpaired) electrons. The lowest BCUT2D eigenvalue weighted by atomic mass is 10.1. The molecular formula is C14H7BrClFN2O. The van der Waals surface area contributed by atoms with Crippen LogP contribution in [0, 0.1) is 17.1 Å². The lowest BCUT2D eigenvalue weighted by Gasteiger charge is -2.07. The third-order valence-electron chi connectivity index (χ3n) is 2.53. The Bertz CT molecular complexity index is 728.